The van der Waals surface area contributed by atoms with Crippen molar-refractivity contribution >= 4 is 5.91 Å². The SMILES string of the molecule is Cc1cnn(C[C@H]2CCCCN2C(=O)C[C@H](C)n2cccc2)c1. The highest BCUT2D eigenvalue weighted by Gasteiger charge is 2.28. The topological polar surface area (TPSA) is 43.1 Å². The van der Waals surface area contributed by atoms with Crippen LogP contribution in [0.3, 0.4) is 0 Å². The van der Waals surface area contributed by atoms with Crippen molar-refractivity contribution in [2.75, 3.05) is 6.54 Å². The van der Waals surface area contributed by atoms with Crippen LogP contribution in [0.25, 0.3) is 0 Å². The molecular weight excluding hydrogens is 288 g/mol. The summed E-state index contributed by atoms with van der Waals surface area (Å²) in [4.78, 5) is 14.9. The van der Waals surface area contributed by atoms with Crippen molar-refractivity contribution in [3.05, 3.63) is 42.5 Å². The van der Waals surface area contributed by atoms with Crippen LogP contribution < -0.4 is 0 Å². The number of aromatic nitrogens is 3. The summed E-state index contributed by atoms with van der Waals surface area (Å²) in [5.41, 5.74) is 1.17. The van der Waals surface area contributed by atoms with E-state index in [0.717, 1.165) is 25.9 Å². The minimum Gasteiger partial charge on any atom is -0.351 e. The average molecular weight is 314 g/mol. The van der Waals surface area contributed by atoms with Gasteiger partial charge in [-0.25, -0.2) is 0 Å². The first-order valence-electron chi connectivity index (χ1n) is 8.54. The molecule has 0 bridgehead atoms. The lowest BCUT2D eigenvalue weighted by molar-refractivity contribution is -0.136. The third-order valence-electron chi connectivity index (χ3n) is 4.71. The van der Waals surface area contributed by atoms with Gasteiger partial charge in [-0.05, 0) is 50.8 Å². The second kappa shape index (κ2) is 7.02. The van der Waals surface area contributed by atoms with Crippen LogP contribution in [0, 0.1) is 6.92 Å². The van der Waals surface area contributed by atoms with Gasteiger partial charge in [0.15, 0.2) is 0 Å². The van der Waals surface area contributed by atoms with Crippen LogP contribution in [0.4, 0.5) is 0 Å². The lowest BCUT2D eigenvalue weighted by Gasteiger charge is -2.36. The predicted octanol–water partition coefficient (Wildman–Crippen LogP) is 3.03. The van der Waals surface area contributed by atoms with Gasteiger partial charge >= 0.3 is 0 Å². The molecule has 5 nitrogen and oxygen atoms in total. The molecule has 1 aliphatic heterocycles. The Labute approximate surface area is 137 Å². The number of nitrogens with zero attached hydrogens (tertiary/aromatic N) is 4. The number of hydrogen-bond acceptors (Lipinski definition) is 2. The molecule has 0 N–H and O–H groups in total. The summed E-state index contributed by atoms with van der Waals surface area (Å²) < 4.78 is 4.08. The lowest BCUT2D eigenvalue weighted by atomic mass is 10.0. The van der Waals surface area contributed by atoms with E-state index in [4.69, 9.17) is 0 Å². The van der Waals surface area contributed by atoms with Crippen LogP contribution in [0.1, 0.15) is 44.2 Å². The number of hydrogen-bond donors (Lipinski definition) is 0. The highest BCUT2D eigenvalue weighted by Crippen LogP contribution is 2.22. The van der Waals surface area contributed by atoms with Gasteiger partial charge in [0, 0.05) is 37.6 Å². The van der Waals surface area contributed by atoms with Crippen LogP contribution in [-0.2, 0) is 11.3 Å². The van der Waals surface area contributed by atoms with Gasteiger partial charge in [0.2, 0.25) is 5.91 Å². The van der Waals surface area contributed by atoms with Crippen molar-refractivity contribution in [3.8, 4) is 0 Å². The summed E-state index contributed by atoms with van der Waals surface area (Å²) in [6, 6.07) is 4.48. The van der Waals surface area contributed by atoms with E-state index in [9.17, 15) is 4.79 Å². The zero-order valence-electron chi connectivity index (χ0n) is 14.1. The molecule has 3 rings (SSSR count). The molecule has 3 heterocycles. The Hall–Kier alpha value is -2.04. The van der Waals surface area contributed by atoms with E-state index in [1.54, 1.807) is 0 Å². The Morgan fingerprint density at radius 2 is 2.13 bits per heavy atom. The van der Waals surface area contributed by atoms with Crippen LogP contribution in [0.15, 0.2) is 36.9 Å². The normalized spacial score (nSPS) is 19.7. The second-order valence-corrected chi connectivity index (χ2v) is 6.66. The van der Waals surface area contributed by atoms with E-state index < -0.39 is 0 Å². The number of aryl methyl sites for hydroxylation is 1. The Bertz CT molecular complexity index is 631. The minimum absolute atomic E-state index is 0.201. The number of carbonyl (C=O) groups is 1. The molecule has 0 spiro atoms. The first kappa shape index (κ1) is 15.8. The smallest absolute Gasteiger partial charge is 0.224 e. The van der Waals surface area contributed by atoms with E-state index >= 15 is 0 Å². The molecule has 1 fully saturated rings. The largest absolute Gasteiger partial charge is 0.351 e. The molecule has 0 aliphatic carbocycles. The van der Waals surface area contributed by atoms with E-state index in [1.807, 2.05) is 42.3 Å². The van der Waals surface area contributed by atoms with Gasteiger partial charge in [0.05, 0.1) is 18.8 Å². The molecule has 124 valence electrons. The van der Waals surface area contributed by atoms with Crippen molar-refractivity contribution < 1.29 is 4.79 Å². The highest BCUT2D eigenvalue weighted by molar-refractivity contribution is 5.77. The molecule has 0 unspecified atom stereocenters. The maximum atomic E-state index is 12.8. The number of carbonyl (C=O) groups excluding carboxylic acids is 1. The third-order valence-corrected chi connectivity index (χ3v) is 4.71. The van der Waals surface area contributed by atoms with E-state index in [-0.39, 0.29) is 18.0 Å². The van der Waals surface area contributed by atoms with Crippen molar-refractivity contribution in [1.82, 2.24) is 19.2 Å². The molecule has 0 radical (unpaired) electrons. The van der Waals surface area contributed by atoms with Gasteiger partial charge in [0.25, 0.3) is 0 Å². The molecule has 1 aliphatic rings. The second-order valence-electron chi connectivity index (χ2n) is 6.66. The zero-order chi connectivity index (χ0) is 16.2. The van der Waals surface area contributed by atoms with Crippen molar-refractivity contribution in [3.63, 3.8) is 0 Å². The highest BCUT2D eigenvalue weighted by atomic mass is 16.2. The fraction of sp³-hybridized carbons (Fsp3) is 0.556. The summed E-state index contributed by atoms with van der Waals surface area (Å²) in [6.07, 6.45) is 11.9. The Morgan fingerprint density at radius 3 is 2.83 bits per heavy atom. The average Bonchev–Trinajstić information content (AvgIpc) is 3.19. The third kappa shape index (κ3) is 3.84. The van der Waals surface area contributed by atoms with Crippen molar-refractivity contribution in [2.24, 2.45) is 0 Å². The van der Waals surface area contributed by atoms with Gasteiger partial charge in [-0.2, -0.15) is 5.10 Å². The first-order chi connectivity index (χ1) is 11.1. The van der Waals surface area contributed by atoms with E-state index in [1.165, 1.54) is 12.0 Å². The first-order valence-corrected chi connectivity index (χ1v) is 8.54. The summed E-state index contributed by atoms with van der Waals surface area (Å²) in [7, 11) is 0. The van der Waals surface area contributed by atoms with Gasteiger partial charge in [0.1, 0.15) is 0 Å². The molecule has 1 saturated heterocycles. The Balaban J connectivity index is 1.64. The van der Waals surface area contributed by atoms with Gasteiger partial charge in [-0.1, -0.05) is 0 Å². The van der Waals surface area contributed by atoms with Crippen LogP contribution in [-0.4, -0.2) is 37.7 Å². The quantitative estimate of drug-likeness (QED) is 0.851. The molecule has 23 heavy (non-hydrogen) atoms. The zero-order valence-corrected chi connectivity index (χ0v) is 14.1. The lowest BCUT2D eigenvalue weighted by Crippen LogP contribution is -2.46. The van der Waals surface area contributed by atoms with Crippen LogP contribution >= 0.6 is 0 Å². The summed E-state index contributed by atoms with van der Waals surface area (Å²) in [5, 5.41) is 4.38. The maximum Gasteiger partial charge on any atom is 0.224 e. The molecule has 2 atom stereocenters. The fourth-order valence-electron chi connectivity index (χ4n) is 3.42. The monoisotopic (exact) mass is 314 g/mol. The van der Waals surface area contributed by atoms with Crippen LogP contribution in [0.2, 0.25) is 0 Å². The molecule has 2 aromatic rings. The van der Waals surface area contributed by atoms with Crippen molar-refractivity contribution in [2.45, 2.75) is 58.2 Å². The van der Waals surface area contributed by atoms with Crippen LogP contribution in [0.5, 0.6) is 0 Å². The van der Waals surface area contributed by atoms with Gasteiger partial charge in [-0.3, -0.25) is 9.48 Å². The van der Waals surface area contributed by atoms with E-state index in [0.29, 0.717) is 6.42 Å². The molecule has 1 amide bonds. The minimum atomic E-state index is 0.201. The summed E-state index contributed by atoms with van der Waals surface area (Å²) in [5.74, 6) is 0.264. The molecule has 0 aromatic carbocycles. The molecule has 5 heteroatoms. The van der Waals surface area contributed by atoms with Gasteiger partial charge in [-0.15, -0.1) is 0 Å². The molecule has 0 saturated carbocycles. The van der Waals surface area contributed by atoms with Gasteiger partial charge < -0.3 is 9.47 Å². The fourth-order valence-corrected chi connectivity index (χ4v) is 3.42. The summed E-state index contributed by atoms with van der Waals surface area (Å²) >= 11 is 0. The Morgan fingerprint density at radius 1 is 1.35 bits per heavy atom. The number of likely N-dealkylation sites (tertiary alicyclic amines) is 1. The number of rotatable bonds is 5. The molecular formula is C18H26N4O. The maximum absolute atomic E-state index is 12.8. The van der Waals surface area contributed by atoms with E-state index in [2.05, 4.69) is 27.7 Å². The molecule has 2 aromatic heterocycles. The number of amides is 1. The summed E-state index contributed by atoms with van der Waals surface area (Å²) in [6.45, 7) is 5.83. The standard InChI is InChI=1S/C18H26N4O/c1-15-12-19-21(13-15)14-17-7-3-4-10-22(17)18(23)11-16(2)20-8-5-6-9-20/h5-6,8-9,12-13,16-17H,3-4,7,10-11,14H2,1-2H3/t16-,17+/m0/s1. The predicted molar refractivity (Wildman–Crippen MR) is 90.1 cm³/mol. The Kier molecular flexibility index (Phi) is 4.84. The van der Waals surface area contributed by atoms with Crippen molar-refractivity contribution in [1.29, 1.82) is 0 Å². The number of piperidine rings is 1.